The second-order valence-corrected chi connectivity index (χ2v) is 3.97. The number of hydroxylamine groups is 1. The third kappa shape index (κ3) is 4.59. The van der Waals surface area contributed by atoms with Gasteiger partial charge < -0.3 is 24.8 Å². The van der Waals surface area contributed by atoms with E-state index in [0.717, 1.165) is 0 Å². The summed E-state index contributed by atoms with van der Waals surface area (Å²) in [5.74, 6) is -0.315. The molecule has 1 aromatic rings. The Morgan fingerprint density at radius 2 is 1.18 bits per heavy atom. The second-order valence-electron chi connectivity index (χ2n) is 3.97. The van der Waals surface area contributed by atoms with Gasteiger partial charge in [-0.05, 0) is 0 Å². The zero-order valence-electron chi connectivity index (χ0n) is 12.3. The fourth-order valence-corrected chi connectivity index (χ4v) is 1.44. The van der Waals surface area contributed by atoms with Crippen molar-refractivity contribution in [3.05, 3.63) is 0 Å². The van der Waals surface area contributed by atoms with Gasteiger partial charge in [0.15, 0.2) is 0 Å². The minimum absolute atomic E-state index is 0.0205. The molecule has 0 saturated heterocycles. The molecule has 0 radical (unpaired) electrons. The Labute approximate surface area is 126 Å². The van der Waals surface area contributed by atoms with Crippen LogP contribution in [0.15, 0.2) is 0 Å². The molecule has 1 heterocycles. The van der Waals surface area contributed by atoms with Crippen molar-refractivity contribution < 1.29 is 30.0 Å². The van der Waals surface area contributed by atoms with Gasteiger partial charge in [-0.15, -0.1) is 0 Å². The van der Waals surface area contributed by atoms with Crippen LogP contribution in [0.4, 0.5) is 17.8 Å². The summed E-state index contributed by atoms with van der Waals surface area (Å²) in [6.45, 7) is -1.70. The molecule has 0 bridgehead atoms. The van der Waals surface area contributed by atoms with E-state index in [-0.39, 0.29) is 31.3 Å². The first-order chi connectivity index (χ1) is 10.6. The molecule has 0 aliphatic rings. The maximum Gasteiger partial charge on any atom is 0.258 e. The molecule has 0 aromatic carbocycles. The number of hydrogen-bond donors (Lipinski definition) is 4. The molecule has 0 spiro atoms. The quantitative estimate of drug-likeness (QED) is 0.272. The summed E-state index contributed by atoms with van der Waals surface area (Å²) in [6.07, 6.45) is 0. The van der Waals surface area contributed by atoms with E-state index in [1.807, 2.05) is 0 Å². The number of aromatic nitrogens is 3. The molecule has 12 heteroatoms. The monoisotopic (exact) mass is 320 g/mol. The van der Waals surface area contributed by atoms with Crippen molar-refractivity contribution >= 4 is 17.8 Å². The first kappa shape index (κ1) is 18.2. The van der Waals surface area contributed by atoms with Crippen LogP contribution in [0.5, 0.6) is 0 Å². The van der Waals surface area contributed by atoms with Gasteiger partial charge in [0.1, 0.15) is 33.7 Å². The van der Waals surface area contributed by atoms with Crippen molar-refractivity contribution in [2.75, 3.05) is 62.7 Å². The SMILES string of the molecule is COCN(CO)c1nc(N(O)CO)nc(N(CO)COC)n1. The molecule has 0 saturated carbocycles. The lowest BCUT2D eigenvalue weighted by molar-refractivity contribution is 0.145. The van der Waals surface area contributed by atoms with Crippen LogP contribution in [0.2, 0.25) is 0 Å². The van der Waals surface area contributed by atoms with Gasteiger partial charge in [-0.25, -0.2) is 0 Å². The van der Waals surface area contributed by atoms with Crippen molar-refractivity contribution in [2.45, 2.75) is 0 Å². The number of ether oxygens (including phenoxy) is 2. The van der Waals surface area contributed by atoms with Crippen LogP contribution in [-0.2, 0) is 9.47 Å². The molecule has 0 fully saturated rings. The van der Waals surface area contributed by atoms with Crippen LogP contribution in [0, 0.1) is 0 Å². The first-order valence-electron chi connectivity index (χ1n) is 6.14. The summed E-state index contributed by atoms with van der Waals surface area (Å²) < 4.78 is 9.80. The fourth-order valence-electron chi connectivity index (χ4n) is 1.44. The summed E-state index contributed by atoms with van der Waals surface area (Å²) >= 11 is 0. The summed E-state index contributed by atoms with van der Waals surface area (Å²) in [6, 6.07) is 0. The van der Waals surface area contributed by atoms with Gasteiger partial charge in [0.2, 0.25) is 11.9 Å². The van der Waals surface area contributed by atoms with E-state index in [2.05, 4.69) is 15.0 Å². The van der Waals surface area contributed by atoms with Gasteiger partial charge >= 0.3 is 0 Å². The number of anilines is 3. The Kier molecular flexibility index (Phi) is 7.65. The summed E-state index contributed by atoms with van der Waals surface area (Å²) in [7, 11) is 2.84. The molecule has 0 aliphatic carbocycles. The molecule has 22 heavy (non-hydrogen) atoms. The topological polar surface area (TPSA) is 148 Å². The number of rotatable bonds is 10. The molecule has 0 unspecified atom stereocenters. The number of aliphatic hydroxyl groups is 3. The number of methoxy groups -OCH3 is 2. The first-order valence-corrected chi connectivity index (χ1v) is 6.14. The standard InChI is InChI=1S/C10H20N6O6/c1-21-6-14(3-17)8-11-9(15(4-18)7-22-2)13-10(12-8)16(20)5-19/h17-20H,3-7H2,1-2H3. The minimum Gasteiger partial charge on any atom is -0.376 e. The zero-order chi connectivity index (χ0) is 16.5. The molecular formula is C10H20N6O6. The third-order valence-corrected chi connectivity index (χ3v) is 2.44. The fraction of sp³-hybridized carbons (Fsp3) is 0.700. The predicted molar refractivity (Wildman–Crippen MR) is 74.1 cm³/mol. The largest absolute Gasteiger partial charge is 0.376 e. The molecule has 0 amide bonds. The van der Waals surface area contributed by atoms with Crippen molar-refractivity contribution in [2.24, 2.45) is 0 Å². The third-order valence-electron chi connectivity index (χ3n) is 2.44. The van der Waals surface area contributed by atoms with Crippen molar-refractivity contribution in [1.29, 1.82) is 0 Å². The van der Waals surface area contributed by atoms with Crippen molar-refractivity contribution in [1.82, 2.24) is 15.0 Å². The maximum absolute atomic E-state index is 9.55. The highest BCUT2D eigenvalue weighted by molar-refractivity contribution is 5.44. The van der Waals surface area contributed by atoms with Gasteiger partial charge in [0, 0.05) is 14.2 Å². The van der Waals surface area contributed by atoms with Crippen LogP contribution < -0.4 is 14.9 Å². The van der Waals surface area contributed by atoms with Crippen LogP contribution in [0.1, 0.15) is 0 Å². The van der Waals surface area contributed by atoms with Crippen LogP contribution in [-0.4, -0.2) is 83.4 Å². The van der Waals surface area contributed by atoms with Crippen molar-refractivity contribution in [3.8, 4) is 0 Å². The summed E-state index contributed by atoms with van der Waals surface area (Å²) in [5.41, 5.74) is 0. The Balaban J connectivity index is 3.25. The Morgan fingerprint density at radius 1 is 0.773 bits per heavy atom. The predicted octanol–water partition coefficient (Wildman–Crippen LogP) is -2.26. The van der Waals surface area contributed by atoms with Gasteiger partial charge in [-0.1, -0.05) is 0 Å². The van der Waals surface area contributed by atoms with E-state index in [9.17, 15) is 15.4 Å². The van der Waals surface area contributed by atoms with Gasteiger partial charge in [0.25, 0.3) is 5.95 Å². The number of aliphatic hydroxyl groups excluding tert-OH is 3. The lowest BCUT2D eigenvalue weighted by atomic mass is 10.7. The lowest BCUT2D eigenvalue weighted by Crippen LogP contribution is -2.33. The highest BCUT2D eigenvalue weighted by Gasteiger charge is 2.19. The smallest absolute Gasteiger partial charge is 0.258 e. The van der Waals surface area contributed by atoms with Gasteiger partial charge in [-0.2, -0.15) is 20.0 Å². The average Bonchev–Trinajstić information content (AvgIpc) is 2.56. The van der Waals surface area contributed by atoms with E-state index in [1.165, 1.54) is 24.0 Å². The molecule has 12 nitrogen and oxygen atoms in total. The van der Waals surface area contributed by atoms with Crippen LogP contribution in [0.25, 0.3) is 0 Å². The molecule has 0 aliphatic heterocycles. The molecular weight excluding hydrogens is 300 g/mol. The Bertz CT molecular complexity index is 420. The zero-order valence-corrected chi connectivity index (χ0v) is 12.3. The maximum atomic E-state index is 9.55. The summed E-state index contributed by atoms with van der Waals surface area (Å²) in [4.78, 5) is 14.3. The van der Waals surface area contributed by atoms with E-state index in [0.29, 0.717) is 5.06 Å². The van der Waals surface area contributed by atoms with Crippen LogP contribution in [0.3, 0.4) is 0 Å². The second kappa shape index (κ2) is 9.24. The highest BCUT2D eigenvalue weighted by atomic mass is 16.5. The van der Waals surface area contributed by atoms with E-state index < -0.39 is 20.2 Å². The Hall–Kier alpha value is -1.83. The van der Waals surface area contributed by atoms with Gasteiger partial charge in [0.05, 0.1) is 0 Å². The average molecular weight is 320 g/mol. The minimum atomic E-state index is -0.754. The number of nitrogens with zero attached hydrogens (tertiary/aromatic N) is 6. The van der Waals surface area contributed by atoms with E-state index >= 15 is 0 Å². The molecule has 1 rings (SSSR count). The van der Waals surface area contributed by atoms with Crippen LogP contribution >= 0.6 is 0 Å². The number of hydrogen-bond acceptors (Lipinski definition) is 12. The van der Waals surface area contributed by atoms with Gasteiger partial charge in [-0.3, -0.25) is 15.0 Å². The van der Waals surface area contributed by atoms with E-state index in [4.69, 9.17) is 14.6 Å². The van der Waals surface area contributed by atoms with Crippen molar-refractivity contribution in [3.63, 3.8) is 0 Å². The van der Waals surface area contributed by atoms with E-state index in [1.54, 1.807) is 0 Å². The normalized spacial score (nSPS) is 10.6. The molecule has 0 atom stereocenters. The molecule has 126 valence electrons. The lowest BCUT2D eigenvalue weighted by Gasteiger charge is -2.24. The molecule has 1 aromatic heterocycles. The Morgan fingerprint density at radius 3 is 1.50 bits per heavy atom. The molecule has 4 N–H and O–H groups in total. The highest BCUT2D eigenvalue weighted by Crippen LogP contribution is 2.17. The summed E-state index contributed by atoms with van der Waals surface area (Å²) in [5, 5.41) is 37.5.